The van der Waals surface area contributed by atoms with Crippen molar-refractivity contribution in [1.29, 1.82) is 0 Å². The van der Waals surface area contributed by atoms with E-state index in [9.17, 15) is 14.4 Å². The van der Waals surface area contributed by atoms with Crippen LogP contribution in [0.4, 0.5) is 5.69 Å². The van der Waals surface area contributed by atoms with Crippen LogP contribution in [0.1, 0.15) is 13.3 Å². The molecule has 9 heteroatoms. The van der Waals surface area contributed by atoms with Crippen LogP contribution in [0.25, 0.3) is 11.1 Å². The van der Waals surface area contributed by atoms with Gasteiger partial charge in [0.2, 0.25) is 0 Å². The van der Waals surface area contributed by atoms with Crippen LogP contribution in [0.15, 0.2) is 51.7 Å². The van der Waals surface area contributed by atoms with E-state index in [2.05, 4.69) is 5.32 Å². The first-order valence-electron chi connectivity index (χ1n) is 8.81. The van der Waals surface area contributed by atoms with Crippen LogP contribution in [-0.4, -0.2) is 29.7 Å². The Hall–Kier alpha value is -3.26. The maximum Gasteiger partial charge on any atom is 0.419 e. The quantitative estimate of drug-likeness (QED) is 0.591. The number of halogens is 1. The molecule has 1 unspecified atom stereocenters. The van der Waals surface area contributed by atoms with E-state index in [1.165, 1.54) is 24.7 Å². The molecular formula is C20H19ClN2O6. The summed E-state index contributed by atoms with van der Waals surface area (Å²) < 4.78 is 16.8. The summed E-state index contributed by atoms with van der Waals surface area (Å²) in [6, 6.07) is 11.7. The van der Waals surface area contributed by atoms with Gasteiger partial charge >= 0.3 is 11.7 Å². The van der Waals surface area contributed by atoms with Crippen LogP contribution in [0.2, 0.25) is 5.02 Å². The summed E-state index contributed by atoms with van der Waals surface area (Å²) in [5, 5.41) is 3.03. The van der Waals surface area contributed by atoms with Crippen molar-refractivity contribution in [2.45, 2.75) is 26.0 Å². The number of ether oxygens (including phenoxy) is 2. The number of carbonyl (C=O) groups excluding carboxylic acids is 2. The van der Waals surface area contributed by atoms with E-state index in [0.29, 0.717) is 27.6 Å². The Kier molecular flexibility index (Phi) is 6.23. The van der Waals surface area contributed by atoms with Crippen molar-refractivity contribution in [1.82, 2.24) is 4.57 Å². The summed E-state index contributed by atoms with van der Waals surface area (Å²) in [5.74, 6) is -1.29. The van der Waals surface area contributed by atoms with Gasteiger partial charge in [0.1, 0.15) is 5.75 Å². The molecule has 1 heterocycles. The number of fused-ring (bicyclic) bond motifs is 1. The number of carbonyl (C=O) groups is 2. The van der Waals surface area contributed by atoms with Crippen molar-refractivity contribution in [3.63, 3.8) is 0 Å². The number of benzene rings is 2. The van der Waals surface area contributed by atoms with Gasteiger partial charge in [0.25, 0.3) is 5.91 Å². The number of para-hydroxylation sites is 2. The summed E-state index contributed by atoms with van der Waals surface area (Å²) in [6.07, 6.45) is -1.15. The van der Waals surface area contributed by atoms with Crippen molar-refractivity contribution < 1.29 is 23.5 Å². The number of hydrogen-bond acceptors (Lipinski definition) is 6. The fourth-order valence-corrected chi connectivity index (χ4v) is 2.92. The number of nitrogens with zero attached hydrogens (tertiary/aromatic N) is 1. The van der Waals surface area contributed by atoms with E-state index >= 15 is 0 Å². The zero-order valence-corrected chi connectivity index (χ0v) is 16.6. The molecule has 0 radical (unpaired) electrons. The molecule has 1 atom stereocenters. The monoisotopic (exact) mass is 418 g/mol. The molecule has 1 N–H and O–H groups in total. The van der Waals surface area contributed by atoms with Crippen LogP contribution in [0.5, 0.6) is 5.75 Å². The van der Waals surface area contributed by atoms with Crippen LogP contribution in [0.3, 0.4) is 0 Å². The molecule has 0 aliphatic rings. The maximum absolute atomic E-state index is 12.3. The molecule has 0 fully saturated rings. The Morgan fingerprint density at radius 1 is 1.24 bits per heavy atom. The SMILES string of the molecule is COc1ccc(Cl)cc1NC(=O)C(C)OC(=O)CCn1c(=O)oc2ccccc21. The summed E-state index contributed by atoms with van der Waals surface area (Å²) >= 11 is 5.94. The molecule has 0 spiro atoms. The standard InChI is InChI=1S/C20H19ClN2O6/c1-12(19(25)22-14-11-13(21)7-8-16(14)27-2)28-18(24)9-10-23-15-5-3-4-6-17(15)29-20(23)26/h3-8,11-12H,9-10H2,1-2H3,(H,22,25). The third-order valence-corrected chi connectivity index (χ3v) is 4.45. The average molecular weight is 419 g/mol. The molecule has 1 aromatic heterocycles. The highest BCUT2D eigenvalue weighted by Gasteiger charge is 2.20. The highest BCUT2D eigenvalue weighted by atomic mass is 35.5. The van der Waals surface area contributed by atoms with Crippen molar-refractivity contribution in [2.24, 2.45) is 0 Å². The van der Waals surface area contributed by atoms with Gasteiger partial charge in [-0.1, -0.05) is 23.7 Å². The number of hydrogen-bond donors (Lipinski definition) is 1. The van der Waals surface area contributed by atoms with Gasteiger partial charge in [-0.3, -0.25) is 14.2 Å². The summed E-state index contributed by atoms with van der Waals surface area (Å²) in [7, 11) is 1.46. The number of anilines is 1. The van der Waals surface area contributed by atoms with E-state index in [1.807, 2.05) is 0 Å². The maximum atomic E-state index is 12.3. The van der Waals surface area contributed by atoms with E-state index in [4.69, 9.17) is 25.5 Å². The second-order valence-electron chi connectivity index (χ2n) is 6.20. The number of esters is 1. The predicted octanol–water partition coefficient (Wildman–Crippen LogP) is 3.22. The fourth-order valence-electron chi connectivity index (χ4n) is 2.75. The van der Waals surface area contributed by atoms with Crippen LogP contribution >= 0.6 is 11.6 Å². The van der Waals surface area contributed by atoms with Crippen molar-refractivity contribution in [3.05, 3.63) is 58.0 Å². The van der Waals surface area contributed by atoms with Gasteiger partial charge in [0.15, 0.2) is 11.7 Å². The lowest BCUT2D eigenvalue weighted by molar-refractivity contribution is -0.153. The van der Waals surface area contributed by atoms with Gasteiger partial charge in [0.05, 0.1) is 24.7 Å². The van der Waals surface area contributed by atoms with E-state index < -0.39 is 23.7 Å². The molecule has 0 saturated heterocycles. The number of rotatable bonds is 7. The molecule has 3 aromatic rings. The topological polar surface area (TPSA) is 99.8 Å². The molecule has 29 heavy (non-hydrogen) atoms. The number of aromatic nitrogens is 1. The molecule has 8 nitrogen and oxygen atoms in total. The number of methoxy groups -OCH3 is 1. The van der Waals surface area contributed by atoms with Gasteiger partial charge in [-0.05, 0) is 37.3 Å². The molecule has 0 bridgehead atoms. The molecule has 152 valence electrons. The van der Waals surface area contributed by atoms with E-state index in [-0.39, 0.29) is 13.0 Å². The minimum Gasteiger partial charge on any atom is -0.495 e. The van der Waals surface area contributed by atoms with Crippen LogP contribution in [-0.2, 0) is 20.9 Å². The Morgan fingerprint density at radius 2 is 2.00 bits per heavy atom. The highest BCUT2D eigenvalue weighted by molar-refractivity contribution is 6.31. The van der Waals surface area contributed by atoms with Crippen LogP contribution < -0.4 is 15.8 Å². The normalized spacial score (nSPS) is 11.8. The first kappa shape index (κ1) is 20.5. The lowest BCUT2D eigenvalue weighted by atomic mass is 10.2. The second kappa shape index (κ2) is 8.83. The van der Waals surface area contributed by atoms with Crippen molar-refractivity contribution in [2.75, 3.05) is 12.4 Å². The second-order valence-corrected chi connectivity index (χ2v) is 6.64. The van der Waals surface area contributed by atoms with Gasteiger partial charge in [-0.2, -0.15) is 0 Å². The van der Waals surface area contributed by atoms with Gasteiger partial charge < -0.3 is 19.2 Å². The Morgan fingerprint density at radius 3 is 2.76 bits per heavy atom. The molecular weight excluding hydrogens is 400 g/mol. The predicted molar refractivity (Wildman–Crippen MR) is 107 cm³/mol. The third kappa shape index (κ3) is 4.78. The lowest BCUT2D eigenvalue weighted by Crippen LogP contribution is -2.30. The summed E-state index contributed by atoms with van der Waals surface area (Å²) in [4.78, 5) is 36.4. The summed E-state index contributed by atoms with van der Waals surface area (Å²) in [5.41, 5.74) is 1.39. The third-order valence-electron chi connectivity index (χ3n) is 4.21. The molecule has 0 aliphatic carbocycles. The average Bonchev–Trinajstić information content (AvgIpc) is 3.01. The van der Waals surface area contributed by atoms with Crippen molar-refractivity contribution in [3.8, 4) is 5.75 Å². The fraction of sp³-hybridized carbons (Fsp3) is 0.250. The molecule has 0 aliphatic heterocycles. The van der Waals surface area contributed by atoms with Gasteiger partial charge in [-0.25, -0.2) is 4.79 Å². The zero-order valence-electron chi connectivity index (χ0n) is 15.8. The smallest absolute Gasteiger partial charge is 0.419 e. The first-order valence-corrected chi connectivity index (χ1v) is 9.19. The van der Waals surface area contributed by atoms with E-state index in [0.717, 1.165) is 0 Å². The van der Waals surface area contributed by atoms with Gasteiger partial charge in [0, 0.05) is 11.6 Å². The number of nitrogens with one attached hydrogen (secondary N) is 1. The van der Waals surface area contributed by atoms with Gasteiger partial charge in [-0.15, -0.1) is 0 Å². The van der Waals surface area contributed by atoms with Crippen LogP contribution in [0, 0.1) is 0 Å². The molecule has 0 saturated carbocycles. The van der Waals surface area contributed by atoms with E-state index in [1.54, 1.807) is 36.4 Å². The molecule has 2 aromatic carbocycles. The Labute approximate surface area is 171 Å². The number of amides is 1. The lowest BCUT2D eigenvalue weighted by Gasteiger charge is -2.15. The summed E-state index contributed by atoms with van der Waals surface area (Å²) in [6.45, 7) is 1.52. The van der Waals surface area contributed by atoms with Crippen molar-refractivity contribution >= 4 is 40.3 Å². The number of oxazole rings is 1. The Balaban J connectivity index is 1.59. The first-order chi connectivity index (χ1) is 13.9. The molecule has 1 amide bonds. The Bertz CT molecular complexity index is 1100. The highest BCUT2D eigenvalue weighted by Crippen LogP contribution is 2.27. The zero-order chi connectivity index (χ0) is 21.0. The molecule has 3 rings (SSSR count). The number of aryl methyl sites for hydroxylation is 1. The minimum absolute atomic E-state index is 0.0745. The minimum atomic E-state index is -1.05. The largest absolute Gasteiger partial charge is 0.495 e.